The van der Waals surface area contributed by atoms with Gasteiger partial charge in [-0.1, -0.05) is 13.8 Å². The monoisotopic (exact) mass is 403 g/mol. The zero-order valence-corrected chi connectivity index (χ0v) is 16.4. The van der Waals surface area contributed by atoms with Gasteiger partial charge in [0.25, 0.3) is 5.56 Å². The molecule has 2 aromatic rings. The molecule has 3 heterocycles. The predicted octanol–water partition coefficient (Wildman–Crippen LogP) is -0.208. The summed E-state index contributed by atoms with van der Waals surface area (Å²) in [4.78, 5) is 29.7. The fourth-order valence-corrected chi connectivity index (χ4v) is 4.64. The van der Waals surface area contributed by atoms with Crippen molar-refractivity contribution in [2.75, 3.05) is 13.1 Å². The van der Waals surface area contributed by atoms with Crippen molar-refractivity contribution >= 4 is 33.5 Å². The van der Waals surface area contributed by atoms with Crippen LogP contribution in [0.4, 0.5) is 0 Å². The van der Waals surface area contributed by atoms with Crippen molar-refractivity contribution in [1.82, 2.24) is 18.8 Å². The van der Waals surface area contributed by atoms with E-state index < -0.39 is 21.3 Å². The third-order valence-electron chi connectivity index (χ3n) is 4.84. The number of halogens is 1. The molecule has 0 bridgehead atoms. The second-order valence-corrected chi connectivity index (χ2v) is 9.02. The second kappa shape index (κ2) is 6.76. The van der Waals surface area contributed by atoms with Gasteiger partial charge in [0.05, 0.1) is 5.39 Å². The Labute approximate surface area is 156 Å². The highest BCUT2D eigenvalue weighted by molar-refractivity contribution is 7.89. The molecule has 1 fully saturated rings. The van der Waals surface area contributed by atoms with Gasteiger partial charge in [-0.05, 0) is 17.9 Å². The molecule has 144 valence electrons. The number of nitrogens with two attached hydrogens (primary N) is 1. The molecule has 0 amide bonds. The summed E-state index contributed by atoms with van der Waals surface area (Å²) in [6.07, 6.45) is 1.74. The lowest BCUT2D eigenvalue weighted by Crippen LogP contribution is -2.53. The minimum Gasteiger partial charge on any atom is -0.327 e. The summed E-state index contributed by atoms with van der Waals surface area (Å²) in [5, 5.41) is 0.0520. The average Bonchev–Trinajstić information content (AvgIpc) is 2.54. The van der Waals surface area contributed by atoms with Crippen LogP contribution in [-0.4, -0.2) is 46.4 Å². The van der Waals surface area contributed by atoms with E-state index in [1.807, 2.05) is 13.8 Å². The molecule has 3 rings (SSSR count). The van der Waals surface area contributed by atoms with Gasteiger partial charge in [-0.2, -0.15) is 4.31 Å². The summed E-state index contributed by atoms with van der Waals surface area (Å²) in [7, 11) is -2.36. The molecule has 11 heteroatoms. The SMILES string of the molecule is Cl.Cn1c(=O)[nH]c(=O)c2cc(S(=O)(=O)N3CCC(N)C(C)(C)C3)cnc21. The van der Waals surface area contributed by atoms with Gasteiger partial charge in [0, 0.05) is 32.4 Å². The number of aromatic nitrogens is 3. The Morgan fingerprint density at radius 3 is 2.62 bits per heavy atom. The molecule has 0 aliphatic carbocycles. The van der Waals surface area contributed by atoms with Gasteiger partial charge in [-0.3, -0.25) is 14.3 Å². The number of pyridine rings is 1. The minimum atomic E-state index is -3.81. The predicted molar refractivity (Wildman–Crippen MR) is 100.0 cm³/mol. The van der Waals surface area contributed by atoms with Crippen LogP contribution in [-0.2, 0) is 17.1 Å². The number of aromatic amines is 1. The van der Waals surface area contributed by atoms with Crippen LogP contribution in [0.1, 0.15) is 20.3 Å². The number of piperidine rings is 1. The number of nitrogens with zero attached hydrogens (tertiary/aromatic N) is 3. The van der Waals surface area contributed by atoms with Gasteiger partial charge < -0.3 is 5.73 Å². The number of nitrogens with one attached hydrogen (secondary N) is 1. The van der Waals surface area contributed by atoms with Crippen molar-refractivity contribution in [3.05, 3.63) is 33.1 Å². The van der Waals surface area contributed by atoms with Crippen LogP contribution < -0.4 is 17.0 Å². The summed E-state index contributed by atoms with van der Waals surface area (Å²) in [6, 6.07) is 1.18. The van der Waals surface area contributed by atoms with Crippen molar-refractivity contribution in [2.24, 2.45) is 18.2 Å². The number of H-pyrrole nitrogens is 1. The van der Waals surface area contributed by atoms with Crippen LogP contribution in [0.5, 0.6) is 0 Å². The van der Waals surface area contributed by atoms with Gasteiger partial charge in [0.2, 0.25) is 10.0 Å². The number of hydrogen-bond acceptors (Lipinski definition) is 6. The first-order valence-electron chi connectivity index (χ1n) is 7.89. The summed E-state index contributed by atoms with van der Waals surface area (Å²) in [6.45, 7) is 4.46. The minimum absolute atomic E-state index is 0. The molecule has 26 heavy (non-hydrogen) atoms. The van der Waals surface area contributed by atoms with Crippen LogP contribution in [0, 0.1) is 5.41 Å². The van der Waals surface area contributed by atoms with E-state index in [9.17, 15) is 18.0 Å². The lowest BCUT2D eigenvalue weighted by atomic mass is 9.81. The van der Waals surface area contributed by atoms with E-state index in [4.69, 9.17) is 5.73 Å². The maximum Gasteiger partial charge on any atom is 0.329 e. The zero-order valence-electron chi connectivity index (χ0n) is 14.7. The van der Waals surface area contributed by atoms with E-state index in [1.54, 1.807) is 0 Å². The molecule has 0 radical (unpaired) electrons. The largest absolute Gasteiger partial charge is 0.329 e. The molecule has 1 saturated heterocycles. The van der Waals surface area contributed by atoms with Crippen molar-refractivity contribution in [3.63, 3.8) is 0 Å². The van der Waals surface area contributed by atoms with Crippen molar-refractivity contribution in [1.29, 1.82) is 0 Å². The summed E-state index contributed by atoms with van der Waals surface area (Å²) < 4.78 is 28.4. The summed E-state index contributed by atoms with van der Waals surface area (Å²) >= 11 is 0. The maximum atomic E-state index is 13.0. The lowest BCUT2D eigenvalue weighted by Gasteiger charge is -2.41. The normalized spacial score (nSPS) is 20.7. The average molecular weight is 404 g/mol. The van der Waals surface area contributed by atoms with E-state index in [1.165, 1.54) is 23.6 Å². The maximum absolute atomic E-state index is 13.0. The molecule has 0 aromatic carbocycles. The highest BCUT2D eigenvalue weighted by Crippen LogP contribution is 2.31. The van der Waals surface area contributed by atoms with Gasteiger partial charge in [-0.15, -0.1) is 12.4 Å². The Morgan fingerprint density at radius 1 is 1.35 bits per heavy atom. The summed E-state index contributed by atoms with van der Waals surface area (Å²) in [5.74, 6) is 0. The molecular formula is C15H22ClN5O4S. The van der Waals surface area contributed by atoms with Crippen LogP contribution in [0.25, 0.3) is 11.0 Å². The molecule has 1 aliphatic heterocycles. The van der Waals surface area contributed by atoms with Gasteiger partial charge >= 0.3 is 5.69 Å². The van der Waals surface area contributed by atoms with E-state index in [-0.39, 0.29) is 46.3 Å². The number of hydrogen-bond donors (Lipinski definition) is 2. The standard InChI is InChI=1S/C15H21N5O4S.ClH/c1-15(2)8-20(5-4-11(15)16)25(23,24)9-6-10-12(17-7-9)19(3)14(22)18-13(10)21;/h6-7,11H,4-5,8,16H2,1-3H3,(H,18,21,22);1H. The quantitative estimate of drug-likeness (QED) is 0.713. The molecule has 0 spiro atoms. The first kappa shape index (κ1) is 20.6. The second-order valence-electron chi connectivity index (χ2n) is 7.08. The van der Waals surface area contributed by atoms with Gasteiger partial charge in [0.1, 0.15) is 10.5 Å². The smallest absolute Gasteiger partial charge is 0.327 e. The van der Waals surface area contributed by atoms with E-state index in [0.29, 0.717) is 13.0 Å². The number of aryl methyl sites for hydroxylation is 1. The molecule has 1 atom stereocenters. The summed E-state index contributed by atoms with van der Waals surface area (Å²) in [5.41, 5.74) is 4.59. The van der Waals surface area contributed by atoms with Gasteiger partial charge in [0.15, 0.2) is 0 Å². The van der Waals surface area contributed by atoms with Crippen LogP contribution in [0.3, 0.4) is 0 Å². The Morgan fingerprint density at radius 2 is 2.00 bits per heavy atom. The molecule has 3 N–H and O–H groups in total. The molecule has 0 saturated carbocycles. The Hall–Kier alpha value is -1.75. The van der Waals surface area contributed by atoms with E-state index in [0.717, 1.165) is 4.57 Å². The Kier molecular flexibility index (Phi) is 5.35. The molecule has 9 nitrogen and oxygen atoms in total. The first-order chi connectivity index (χ1) is 11.5. The highest BCUT2D eigenvalue weighted by Gasteiger charge is 2.39. The lowest BCUT2D eigenvalue weighted by molar-refractivity contribution is 0.155. The Bertz CT molecular complexity index is 1060. The highest BCUT2D eigenvalue weighted by atomic mass is 35.5. The number of rotatable bonds is 2. The molecule has 2 aromatic heterocycles. The van der Waals surface area contributed by atoms with Crippen molar-refractivity contribution in [3.8, 4) is 0 Å². The topological polar surface area (TPSA) is 131 Å². The third-order valence-corrected chi connectivity index (χ3v) is 6.65. The van der Waals surface area contributed by atoms with E-state index in [2.05, 4.69) is 9.97 Å². The van der Waals surface area contributed by atoms with Crippen LogP contribution in [0.2, 0.25) is 0 Å². The van der Waals surface area contributed by atoms with Crippen LogP contribution in [0.15, 0.2) is 26.7 Å². The first-order valence-corrected chi connectivity index (χ1v) is 9.33. The van der Waals surface area contributed by atoms with Crippen LogP contribution >= 0.6 is 12.4 Å². The molecule has 1 unspecified atom stereocenters. The molecular weight excluding hydrogens is 382 g/mol. The fourth-order valence-electron chi connectivity index (χ4n) is 3.04. The number of fused-ring (bicyclic) bond motifs is 1. The number of sulfonamides is 1. The fraction of sp³-hybridized carbons (Fsp3) is 0.533. The van der Waals surface area contributed by atoms with Gasteiger partial charge in [-0.25, -0.2) is 18.2 Å². The van der Waals surface area contributed by atoms with Crippen molar-refractivity contribution < 1.29 is 8.42 Å². The van der Waals surface area contributed by atoms with E-state index >= 15 is 0 Å². The van der Waals surface area contributed by atoms with Crippen molar-refractivity contribution in [2.45, 2.75) is 31.2 Å². The Balaban J connectivity index is 0.00000243. The third kappa shape index (κ3) is 3.29. The molecule has 1 aliphatic rings. The zero-order chi connectivity index (χ0) is 18.6.